The minimum atomic E-state index is 0.537. The van der Waals surface area contributed by atoms with Crippen molar-refractivity contribution in [3.05, 3.63) is 34.7 Å². The Labute approximate surface area is 111 Å². The summed E-state index contributed by atoms with van der Waals surface area (Å²) in [5, 5.41) is 11.9. The van der Waals surface area contributed by atoms with Crippen LogP contribution in [0.5, 0.6) is 0 Å². The predicted octanol–water partition coefficient (Wildman–Crippen LogP) is 2.85. The van der Waals surface area contributed by atoms with Gasteiger partial charge in [0.15, 0.2) is 0 Å². The van der Waals surface area contributed by atoms with Crippen LogP contribution >= 0.6 is 11.6 Å². The summed E-state index contributed by atoms with van der Waals surface area (Å²) >= 11 is 6.07. The maximum absolute atomic E-state index is 6.07. The number of halogens is 1. The Bertz CT molecular complexity index is 525. The van der Waals surface area contributed by atoms with E-state index < -0.39 is 0 Å². The largest absolute Gasteiger partial charge is 0.421 e. The van der Waals surface area contributed by atoms with Crippen molar-refractivity contribution in [3.63, 3.8) is 0 Å². The molecule has 2 aromatic rings. The topological polar surface area (TPSA) is 51.0 Å². The van der Waals surface area contributed by atoms with Crippen molar-refractivity contribution < 1.29 is 4.42 Å². The third-order valence-corrected chi connectivity index (χ3v) is 3.19. The van der Waals surface area contributed by atoms with Gasteiger partial charge in [-0.15, -0.1) is 10.2 Å². The second-order valence-electron chi connectivity index (χ2n) is 4.12. The van der Waals surface area contributed by atoms with Crippen LogP contribution < -0.4 is 5.32 Å². The number of hydrogen-bond donors (Lipinski definition) is 1. The lowest BCUT2D eigenvalue weighted by Crippen LogP contribution is -2.08. The first-order valence-electron chi connectivity index (χ1n) is 5.95. The molecule has 18 heavy (non-hydrogen) atoms. The average Bonchev–Trinajstić information content (AvgIpc) is 2.82. The third-order valence-electron chi connectivity index (χ3n) is 2.78. The van der Waals surface area contributed by atoms with E-state index >= 15 is 0 Å². The van der Waals surface area contributed by atoms with E-state index in [1.165, 1.54) is 0 Å². The van der Waals surface area contributed by atoms with E-state index in [0.717, 1.165) is 30.5 Å². The van der Waals surface area contributed by atoms with E-state index in [1.807, 2.05) is 32.2 Å². The highest BCUT2D eigenvalue weighted by molar-refractivity contribution is 6.31. The summed E-state index contributed by atoms with van der Waals surface area (Å²) in [6, 6.07) is 5.67. The van der Waals surface area contributed by atoms with Gasteiger partial charge in [-0.1, -0.05) is 17.7 Å². The molecule has 0 fully saturated rings. The molecule has 0 aliphatic carbocycles. The molecule has 5 heteroatoms. The fourth-order valence-electron chi connectivity index (χ4n) is 1.72. The van der Waals surface area contributed by atoms with E-state index in [2.05, 4.69) is 15.5 Å². The van der Waals surface area contributed by atoms with Crippen LogP contribution in [0.4, 0.5) is 0 Å². The molecule has 0 saturated carbocycles. The number of nitrogens with zero attached hydrogens (tertiary/aromatic N) is 2. The molecule has 0 saturated heterocycles. The molecule has 1 N–H and O–H groups in total. The molecule has 0 aliphatic heterocycles. The fraction of sp³-hybridized carbons (Fsp3) is 0.385. The molecular formula is C13H16ClN3O. The zero-order valence-electron chi connectivity index (χ0n) is 10.5. The van der Waals surface area contributed by atoms with Crippen LogP contribution in [0.1, 0.15) is 17.9 Å². The molecule has 2 rings (SSSR count). The second-order valence-corrected chi connectivity index (χ2v) is 4.53. The van der Waals surface area contributed by atoms with E-state index in [9.17, 15) is 0 Å². The summed E-state index contributed by atoms with van der Waals surface area (Å²) in [4.78, 5) is 0. The van der Waals surface area contributed by atoms with Gasteiger partial charge in [0, 0.05) is 17.0 Å². The molecule has 0 radical (unpaired) electrons. The molecule has 1 aromatic heterocycles. The Morgan fingerprint density at radius 3 is 2.94 bits per heavy atom. The van der Waals surface area contributed by atoms with Gasteiger partial charge in [0.2, 0.25) is 11.8 Å². The SMILES string of the molecule is CNCCCc1nnc(-c2cccc(Cl)c2C)o1. The van der Waals surface area contributed by atoms with Crippen LogP contribution in [0.3, 0.4) is 0 Å². The van der Waals surface area contributed by atoms with E-state index in [0.29, 0.717) is 16.8 Å². The molecule has 1 aromatic carbocycles. The molecule has 0 spiro atoms. The number of rotatable bonds is 5. The van der Waals surface area contributed by atoms with Gasteiger partial charge in [-0.3, -0.25) is 0 Å². The quantitative estimate of drug-likeness (QED) is 0.845. The van der Waals surface area contributed by atoms with Crippen molar-refractivity contribution in [2.45, 2.75) is 19.8 Å². The van der Waals surface area contributed by atoms with E-state index in [1.54, 1.807) is 0 Å². The molecule has 0 amide bonds. The molecule has 4 nitrogen and oxygen atoms in total. The van der Waals surface area contributed by atoms with Gasteiger partial charge in [-0.25, -0.2) is 0 Å². The predicted molar refractivity (Wildman–Crippen MR) is 71.7 cm³/mol. The van der Waals surface area contributed by atoms with Crippen molar-refractivity contribution in [3.8, 4) is 11.5 Å². The summed E-state index contributed by atoms with van der Waals surface area (Å²) < 4.78 is 5.64. The summed E-state index contributed by atoms with van der Waals surface area (Å²) in [5.74, 6) is 1.20. The zero-order valence-corrected chi connectivity index (χ0v) is 11.3. The van der Waals surface area contributed by atoms with Crippen LogP contribution in [0.25, 0.3) is 11.5 Å². The maximum atomic E-state index is 6.07. The number of nitrogens with one attached hydrogen (secondary N) is 1. The first kappa shape index (κ1) is 13.1. The van der Waals surface area contributed by atoms with Gasteiger partial charge >= 0.3 is 0 Å². The lowest BCUT2D eigenvalue weighted by atomic mass is 10.1. The van der Waals surface area contributed by atoms with Crippen molar-refractivity contribution in [1.29, 1.82) is 0 Å². The molecular weight excluding hydrogens is 250 g/mol. The summed E-state index contributed by atoms with van der Waals surface area (Å²) in [6.45, 7) is 2.89. The number of benzene rings is 1. The van der Waals surface area contributed by atoms with Crippen molar-refractivity contribution >= 4 is 11.6 Å². The maximum Gasteiger partial charge on any atom is 0.248 e. The minimum absolute atomic E-state index is 0.537. The third kappa shape index (κ3) is 2.89. The zero-order chi connectivity index (χ0) is 13.0. The van der Waals surface area contributed by atoms with Gasteiger partial charge in [0.1, 0.15) is 0 Å². The number of aryl methyl sites for hydroxylation is 1. The first-order valence-corrected chi connectivity index (χ1v) is 6.32. The molecule has 1 heterocycles. The van der Waals surface area contributed by atoms with Gasteiger partial charge in [-0.05, 0) is 44.6 Å². The van der Waals surface area contributed by atoms with Gasteiger partial charge in [0.05, 0.1) is 0 Å². The van der Waals surface area contributed by atoms with Crippen LogP contribution in [-0.4, -0.2) is 23.8 Å². The second kappa shape index (κ2) is 5.98. The molecule has 0 unspecified atom stereocenters. The normalized spacial score (nSPS) is 10.8. The summed E-state index contributed by atoms with van der Waals surface area (Å²) in [7, 11) is 1.93. The highest BCUT2D eigenvalue weighted by Gasteiger charge is 2.12. The Hall–Kier alpha value is -1.39. The Balaban J connectivity index is 2.16. The lowest BCUT2D eigenvalue weighted by Gasteiger charge is -2.02. The molecule has 0 bridgehead atoms. The van der Waals surface area contributed by atoms with Crippen LogP contribution in [0, 0.1) is 6.92 Å². The Kier molecular flexibility index (Phi) is 4.33. The highest BCUT2D eigenvalue weighted by atomic mass is 35.5. The fourth-order valence-corrected chi connectivity index (χ4v) is 1.89. The van der Waals surface area contributed by atoms with Gasteiger partial charge < -0.3 is 9.73 Å². The summed E-state index contributed by atoms with van der Waals surface area (Å²) in [6.07, 6.45) is 1.76. The van der Waals surface area contributed by atoms with Crippen LogP contribution in [0.15, 0.2) is 22.6 Å². The standard InChI is InChI=1S/C13H16ClN3O/c1-9-10(5-3-6-11(9)14)13-17-16-12(18-13)7-4-8-15-2/h3,5-6,15H,4,7-8H2,1-2H3. The first-order chi connectivity index (χ1) is 8.72. The van der Waals surface area contributed by atoms with Gasteiger partial charge in [-0.2, -0.15) is 0 Å². The summed E-state index contributed by atoms with van der Waals surface area (Å²) in [5.41, 5.74) is 1.86. The monoisotopic (exact) mass is 265 g/mol. The van der Waals surface area contributed by atoms with Crippen LogP contribution in [0.2, 0.25) is 5.02 Å². The Morgan fingerprint density at radius 2 is 2.17 bits per heavy atom. The van der Waals surface area contributed by atoms with Crippen LogP contribution in [-0.2, 0) is 6.42 Å². The molecule has 0 atom stereocenters. The van der Waals surface area contributed by atoms with E-state index in [4.69, 9.17) is 16.0 Å². The molecule has 96 valence electrons. The number of hydrogen-bond acceptors (Lipinski definition) is 4. The highest BCUT2D eigenvalue weighted by Crippen LogP contribution is 2.27. The van der Waals surface area contributed by atoms with Gasteiger partial charge in [0.25, 0.3) is 0 Å². The van der Waals surface area contributed by atoms with Crippen molar-refractivity contribution in [2.75, 3.05) is 13.6 Å². The lowest BCUT2D eigenvalue weighted by molar-refractivity contribution is 0.494. The Morgan fingerprint density at radius 1 is 1.33 bits per heavy atom. The van der Waals surface area contributed by atoms with Crippen molar-refractivity contribution in [2.24, 2.45) is 0 Å². The smallest absolute Gasteiger partial charge is 0.248 e. The van der Waals surface area contributed by atoms with Crippen molar-refractivity contribution in [1.82, 2.24) is 15.5 Å². The van der Waals surface area contributed by atoms with E-state index in [-0.39, 0.29) is 0 Å². The minimum Gasteiger partial charge on any atom is -0.421 e. The average molecular weight is 266 g/mol. The number of aromatic nitrogens is 2. The molecule has 0 aliphatic rings.